The molecule has 1 aromatic rings. The van der Waals surface area contributed by atoms with Gasteiger partial charge in [-0.25, -0.2) is 0 Å². The van der Waals surface area contributed by atoms with Crippen molar-refractivity contribution in [1.82, 2.24) is 14.9 Å². The maximum Gasteiger partial charge on any atom is 0.258 e. The van der Waals surface area contributed by atoms with Gasteiger partial charge in [0, 0.05) is 12.1 Å². The Labute approximate surface area is 127 Å². The average molecular weight is 309 g/mol. The molecule has 0 atom stereocenters. The van der Waals surface area contributed by atoms with Crippen LogP contribution in [0.2, 0.25) is 0 Å². The van der Waals surface area contributed by atoms with Crippen molar-refractivity contribution in [2.75, 3.05) is 5.75 Å². The molecule has 1 heterocycles. The fourth-order valence-corrected chi connectivity index (χ4v) is 3.57. The van der Waals surface area contributed by atoms with Gasteiger partial charge < -0.3 is 10.4 Å². The minimum atomic E-state index is -0.278. The normalized spacial score (nSPS) is 18.9. The summed E-state index contributed by atoms with van der Waals surface area (Å²) in [6.45, 7) is 0. The molecule has 2 saturated carbocycles. The molecule has 2 fully saturated rings. The van der Waals surface area contributed by atoms with Crippen LogP contribution in [-0.4, -0.2) is 32.4 Å². The van der Waals surface area contributed by atoms with Crippen LogP contribution in [0.25, 0.3) is 0 Å². The van der Waals surface area contributed by atoms with E-state index in [0.717, 1.165) is 44.6 Å². The Hall–Kier alpha value is -1.50. The summed E-state index contributed by atoms with van der Waals surface area (Å²) in [6, 6.07) is 1.61. The lowest BCUT2D eigenvalue weighted by Gasteiger charge is -2.17. The Morgan fingerprint density at radius 1 is 1.38 bits per heavy atom. The summed E-state index contributed by atoms with van der Waals surface area (Å²) in [7, 11) is 0. The molecular weight excluding hydrogens is 290 g/mol. The standard InChI is InChI=1S/C14H19N3O3S/c18-11-7-13(20)17(10-3-1-2-4-10)14(16-11)21-8-12(19)15-9-5-6-9/h7,9-10,18H,1-6,8H2,(H,15,19). The lowest BCUT2D eigenvalue weighted by molar-refractivity contribution is -0.118. The number of carbonyl (C=O) groups is 1. The van der Waals surface area contributed by atoms with E-state index in [0.29, 0.717) is 11.2 Å². The first kappa shape index (κ1) is 14.4. The molecule has 114 valence electrons. The topological polar surface area (TPSA) is 84.2 Å². The van der Waals surface area contributed by atoms with E-state index in [9.17, 15) is 14.7 Å². The van der Waals surface area contributed by atoms with E-state index in [2.05, 4.69) is 10.3 Å². The number of rotatable bonds is 5. The van der Waals surface area contributed by atoms with Gasteiger partial charge in [0.1, 0.15) is 0 Å². The van der Waals surface area contributed by atoms with E-state index in [1.165, 1.54) is 11.8 Å². The Bertz CT molecular complexity index is 592. The number of hydrogen-bond donors (Lipinski definition) is 2. The number of nitrogens with one attached hydrogen (secondary N) is 1. The van der Waals surface area contributed by atoms with Crippen molar-refractivity contribution in [3.05, 3.63) is 16.4 Å². The zero-order valence-electron chi connectivity index (χ0n) is 11.7. The molecule has 0 aliphatic heterocycles. The molecular formula is C14H19N3O3S. The smallest absolute Gasteiger partial charge is 0.258 e. The first-order valence-corrected chi connectivity index (χ1v) is 8.37. The van der Waals surface area contributed by atoms with Crippen LogP contribution in [-0.2, 0) is 4.79 Å². The fourth-order valence-electron chi connectivity index (χ4n) is 2.69. The number of nitrogens with zero attached hydrogens (tertiary/aromatic N) is 2. The molecule has 0 radical (unpaired) electrons. The minimum Gasteiger partial charge on any atom is -0.493 e. The number of carbonyl (C=O) groups excluding carboxylic acids is 1. The lowest BCUT2D eigenvalue weighted by Crippen LogP contribution is -2.29. The van der Waals surface area contributed by atoms with Gasteiger partial charge in [0.15, 0.2) is 5.16 Å². The molecule has 0 saturated heterocycles. The highest BCUT2D eigenvalue weighted by molar-refractivity contribution is 7.99. The predicted octanol–water partition coefficient (Wildman–Crippen LogP) is 1.43. The molecule has 0 bridgehead atoms. The van der Waals surface area contributed by atoms with Crippen molar-refractivity contribution in [3.63, 3.8) is 0 Å². The van der Waals surface area contributed by atoms with Gasteiger partial charge >= 0.3 is 0 Å². The van der Waals surface area contributed by atoms with E-state index < -0.39 is 0 Å². The summed E-state index contributed by atoms with van der Waals surface area (Å²) < 4.78 is 1.64. The summed E-state index contributed by atoms with van der Waals surface area (Å²) in [5, 5.41) is 12.9. The van der Waals surface area contributed by atoms with Crippen molar-refractivity contribution in [3.8, 4) is 5.88 Å². The Morgan fingerprint density at radius 3 is 2.76 bits per heavy atom. The molecule has 2 aliphatic carbocycles. The Balaban J connectivity index is 1.75. The quantitative estimate of drug-likeness (QED) is 0.635. The van der Waals surface area contributed by atoms with Crippen LogP contribution >= 0.6 is 11.8 Å². The van der Waals surface area contributed by atoms with Crippen molar-refractivity contribution in [2.24, 2.45) is 0 Å². The van der Waals surface area contributed by atoms with E-state index in [1.54, 1.807) is 4.57 Å². The second-order valence-corrected chi connectivity index (χ2v) is 6.62. The maximum absolute atomic E-state index is 12.1. The SMILES string of the molecule is O=C(CSc1nc(O)cc(=O)n1C1CCCC1)NC1CC1. The lowest BCUT2D eigenvalue weighted by atomic mass is 10.2. The van der Waals surface area contributed by atoms with Crippen molar-refractivity contribution in [2.45, 2.75) is 55.8 Å². The van der Waals surface area contributed by atoms with Gasteiger partial charge in [-0.3, -0.25) is 14.2 Å². The maximum atomic E-state index is 12.1. The van der Waals surface area contributed by atoms with Crippen molar-refractivity contribution < 1.29 is 9.90 Å². The molecule has 0 aromatic carbocycles. The highest BCUT2D eigenvalue weighted by Gasteiger charge is 2.25. The summed E-state index contributed by atoms with van der Waals surface area (Å²) in [5.74, 6) is -0.100. The molecule has 6 nitrogen and oxygen atoms in total. The first-order valence-electron chi connectivity index (χ1n) is 7.38. The molecule has 2 aliphatic rings. The van der Waals surface area contributed by atoms with Crippen LogP contribution < -0.4 is 10.9 Å². The molecule has 2 N–H and O–H groups in total. The molecule has 1 aromatic heterocycles. The number of amides is 1. The molecule has 1 amide bonds. The predicted molar refractivity (Wildman–Crippen MR) is 79.6 cm³/mol. The van der Waals surface area contributed by atoms with Gasteiger partial charge in [-0.05, 0) is 25.7 Å². The van der Waals surface area contributed by atoms with Crippen LogP contribution in [0.3, 0.4) is 0 Å². The first-order chi connectivity index (χ1) is 10.1. The van der Waals surface area contributed by atoms with Crippen LogP contribution in [0, 0.1) is 0 Å². The highest BCUT2D eigenvalue weighted by atomic mass is 32.2. The van der Waals surface area contributed by atoms with E-state index >= 15 is 0 Å². The minimum absolute atomic E-state index is 0.0435. The summed E-state index contributed by atoms with van der Waals surface area (Å²) in [5.41, 5.74) is -0.237. The molecule has 7 heteroatoms. The fraction of sp³-hybridized carbons (Fsp3) is 0.643. The van der Waals surface area contributed by atoms with Crippen LogP contribution in [0.4, 0.5) is 0 Å². The van der Waals surface area contributed by atoms with Gasteiger partial charge in [-0.2, -0.15) is 4.98 Å². The van der Waals surface area contributed by atoms with Gasteiger partial charge in [0.25, 0.3) is 5.56 Å². The second-order valence-electron chi connectivity index (χ2n) is 5.67. The number of aromatic nitrogens is 2. The number of aromatic hydroxyl groups is 1. The molecule has 0 unspecified atom stereocenters. The summed E-state index contributed by atoms with van der Waals surface area (Å²) in [4.78, 5) is 27.9. The van der Waals surface area contributed by atoms with Crippen LogP contribution in [0.5, 0.6) is 5.88 Å². The van der Waals surface area contributed by atoms with Crippen molar-refractivity contribution >= 4 is 17.7 Å². The van der Waals surface area contributed by atoms with Crippen LogP contribution in [0.1, 0.15) is 44.6 Å². The molecule has 21 heavy (non-hydrogen) atoms. The monoisotopic (exact) mass is 309 g/mol. The second kappa shape index (κ2) is 6.09. The number of thioether (sulfide) groups is 1. The zero-order chi connectivity index (χ0) is 14.8. The van der Waals surface area contributed by atoms with Gasteiger partial charge in [-0.1, -0.05) is 24.6 Å². The van der Waals surface area contributed by atoms with E-state index in [4.69, 9.17) is 0 Å². The molecule has 0 spiro atoms. The Morgan fingerprint density at radius 2 is 2.10 bits per heavy atom. The Kier molecular flexibility index (Phi) is 4.19. The van der Waals surface area contributed by atoms with Gasteiger partial charge in [-0.15, -0.1) is 0 Å². The third-order valence-electron chi connectivity index (χ3n) is 3.87. The summed E-state index contributed by atoms with van der Waals surface area (Å²) >= 11 is 1.22. The number of hydrogen-bond acceptors (Lipinski definition) is 5. The van der Waals surface area contributed by atoms with Gasteiger partial charge in [0.05, 0.1) is 11.8 Å². The van der Waals surface area contributed by atoms with Gasteiger partial charge in [0.2, 0.25) is 11.8 Å². The van der Waals surface area contributed by atoms with E-state index in [-0.39, 0.29) is 29.1 Å². The highest BCUT2D eigenvalue weighted by Crippen LogP contribution is 2.31. The van der Waals surface area contributed by atoms with Crippen LogP contribution in [0.15, 0.2) is 16.0 Å². The van der Waals surface area contributed by atoms with Crippen molar-refractivity contribution in [1.29, 1.82) is 0 Å². The molecule has 3 rings (SSSR count). The summed E-state index contributed by atoms with van der Waals surface area (Å²) in [6.07, 6.45) is 6.21. The largest absolute Gasteiger partial charge is 0.493 e. The third kappa shape index (κ3) is 3.58. The third-order valence-corrected chi connectivity index (χ3v) is 4.82. The zero-order valence-corrected chi connectivity index (χ0v) is 12.6. The average Bonchev–Trinajstić information content (AvgIpc) is 3.07. The van der Waals surface area contributed by atoms with E-state index in [1.807, 2.05) is 0 Å².